The summed E-state index contributed by atoms with van der Waals surface area (Å²) in [6.45, 7) is 3.38. The van der Waals surface area contributed by atoms with E-state index in [4.69, 9.17) is 10.5 Å². The minimum atomic E-state index is -1.01. The minimum absolute atomic E-state index is 0.0935. The number of fused-ring (bicyclic) bond motifs is 1. The van der Waals surface area contributed by atoms with Crippen LogP contribution in [0.1, 0.15) is 0 Å². The first kappa shape index (κ1) is 14.9. The second-order valence-corrected chi connectivity index (χ2v) is 5.81. The first-order chi connectivity index (χ1) is 9.45. The van der Waals surface area contributed by atoms with Crippen LogP contribution >= 0.6 is 11.8 Å². The van der Waals surface area contributed by atoms with E-state index in [1.807, 2.05) is 0 Å². The maximum Gasteiger partial charge on any atom is 0.344 e. The molecule has 2 fully saturated rings. The van der Waals surface area contributed by atoms with Crippen LogP contribution in [0.3, 0.4) is 0 Å². The molecule has 2 rings (SSSR count). The summed E-state index contributed by atoms with van der Waals surface area (Å²) in [7, 11) is 1.21. The van der Waals surface area contributed by atoms with Gasteiger partial charge in [-0.3, -0.25) is 9.59 Å². The fraction of sp³-hybridized carbons (Fsp3) is 0.583. The number of hydrogen-bond donors (Lipinski definition) is 1. The molecule has 3 atom stereocenters. The summed E-state index contributed by atoms with van der Waals surface area (Å²) in [5.74, 6) is -0.995. The van der Waals surface area contributed by atoms with Crippen LogP contribution in [0, 0.1) is 5.41 Å². The van der Waals surface area contributed by atoms with Crippen molar-refractivity contribution < 1.29 is 23.9 Å². The molecule has 8 heteroatoms. The molecule has 0 aromatic rings. The van der Waals surface area contributed by atoms with Crippen molar-refractivity contribution in [1.82, 2.24) is 4.90 Å². The van der Waals surface area contributed by atoms with Crippen molar-refractivity contribution in [2.24, 2.45) is 11.1 Å². The minimum Gasteiger partial charge on any atom is -0.466 e. The first-order valence-electron chi connectivity index (χ1n) is 6.00. The van der Waals surface area contributed by atoms with E-state index < -0.39 is 30.0 Å². The van der Waals surface area contributed by atoms with Crippen molar-refractivity contribution in [3.63, 3.8) is 0 Å². The number of nitrogens with zero attached hydrogens (tertiary/aromatic N) is 1. The lowest BCUT2D eigenvalue weighted by Crippen LogP contribution is -2.71. The van der Waals surface area contributed by atoms with Gasteiger partial charge in [0.25, 0.3) is 0 Å². The number of methoxy groups -OCH3 is 1. The summed E-state index contributed by atoms with van der Waals surface area (Å²) in [5, 5.41) is -0.0935. The van der Waals surface area contributed by atoms with Crippen LogP contribution < -0.4 is 5.73 Å². The molecule has 0 aromatic heterocycles. The molecule has 0 bridgehead atoms. The topological polar surface area (TPSA) is 98.9 Å². The van der Waals surface area contributed by atoms with Crippen molar-refractivity contribution >= 4 is 29.6 Å². The number of thioether (sulfide) groups is 1. The highest BCUT2D eigenvalue weighted by molar-refractivity contribution is 8.00. The van der Waals surface area contributed by atoms with Crippen molar-refractivity contribution in [3.05, 3.63) is 12.7 Å². The lowest BCUT2D eigenvalue weighted by molar-refractivity contribution is -0.165. The molecule has 2 unspecified atom stereocenters. The second-order valence-electron chi connectivity index (χ2n) is 4.71. The maximum absolute atomic E-state index is 12.2. The Balaban J connectivity index is 2.03. The lowest BCUT2D eigenvalue weighted by atomic mass is 9.87. The van der Waals surface area contributed by atoms with E-state index in [9.17, 15) is 14.4 Å². The number of rotatable bonds is 4. The summed E-state index contributed by atoms with van der Waals surface area (Å²) >= 11 is 1.42. The first-order valence-corrected chi connectivity index (χ1v) is 7.05. The van der Waals surface area contributed by atoms with Gasteiger partial charge in [-0.25, -0.2) is 4.79 Å². The van der Waals surface area contributed by atoms with E-state index in [0.717, 1.165) is 0 Å². The molecule has 2 N–H and O–H groups in total. The third-order valence-corrected chi connectivity index (χ3v) is 5.06. The Bertz CT molecular complexity index is 469. The van der Waals surface area contributed by atoms with Gasteiger partial charge in [0, 0.05) is 12.3 Å². The summed E-state index contributed by atoms with van der Waals surface area (Å²) in [4.78, 5) is 36.4. The molecule has 7 nitrogen and oxygen atoms in total. The van der Waals surface area contributed by atoms with Gasteiger partial charge in [0.15, 0.2) is 6.61 Å². The summed E-state index contributed by atoms with van der Waals surface area (Å²) < 4.78 is 9.34. The molecule has 2 saturated heterocycles. The van der Waals surface area contributed by atoms with E-state index in [1.165, 1.54) is 24.9 Å². The molecule has 1 amide bonds. The van der Waals surface area contributed by atoms with Crippen LogP contribution in [0.25, 0.3) is 0 Å². The van der Waals surface area contributed by atoms with Gasteiger partial charge in [-0.15, -0.1) is 18.3 Å². The average molecular weight is 300 g/mol. The Labute approximate surface area is 120 Å². The standard InChI is InChI=1S/C12H16N2O5S/c1-3-12(11(17)19-4-7(15)18-2)5-14-9(16)8(13)10(14)20-6-12/h3,8,10H,1,4-6,13H2,2H3/t8?,10-,12?/m1/s1. The van der Waals surface area contributed by atoms with Crippen molar-refractivity contribution in [2.45, 2.75) is 11.4 Å². The van der Waals surface area contributed by atoms with E-state index in [2.05, 4.69) is 11.3 Å². The average Bonchev–Trinajstić information content (AvgIpc) is 2.50. The number of nitrogens with two attached hydrogens (primary N) is 1. The molecule has 0 spiro atoms. The predicted molar refractivity (Wildman–Crippen MR) is 71.5 cm³/mol. The molecule has 2 aliphatic heterocycles. The Morgan fingerprint density at radius 2 is 2.35 bits per heavy atom. The fourth-order valence-electron chi connectivity index (χ4n) is 2.15. The normalized spacial score (nSPS) is 31.9. The van der Waals surface area contributed by atoms with Gasteiger partial charge in [-0.1, -0.05) is 6.08 Å². The van der Waals surface area contributed by atoms with E-state index in [1.54, 1.807) is 4.90 Å². The van der Waals surface area contributed by atoms with Crippen molar-refractivity contribution in [3.8, 4) is 0 Å². The quantitative estimate of drug-likeness (QED) is 0.409. The third-order valence-electron chi connectivity index (χ3n) is 3.49. The van der Waals surface area contributed by atoms with Crippen LogP contribution in [0.4, 0.5) is 0 Å². The zero-order chi connectivity index (χ0) is 14.9. The van der Waals surface area contributed by atoms with E-state index >= 15 is 0 Å². The Morgan fingerprint density at radius 1 is 1.65 bits per heavy atom. The van der Waals surface area contributed by atoms with Crippen molar-refractivity contribution in [2.75, 3.05) is 26.0 Å². The van der Waals surface area contributed by atoms with E-state index in [-0.39, 0.29) is 17.8 Å². The van der Waals surface area contributed by atoms with Crippen LogP contribution in [0.2, 0.25) is 0 Å². The number of carbonyl (C=O) groups excluding carboxylic acids is 3. The molecule has 2 aliphatic rings. The van der Waals surface area contributed by atoms with Crippen LogP contribution in [0.5, 0.6) is 0 Å². The van der Waals surface area contributed by atoms with Gasteiger partial charge in [0.1, 0.15) is 16.8 Å². The summed E-state index contributed by atoms with van der Waals surface area (Å²) in [6, 6.07) is -0.506. The number of β-lactam (4-membered cyclic amide) rings is 1. The van der Waals surface area contributed by atoms with Crippen LogP contribution in [-0.4, -0.2) is 60.2 Å². The summed E-state index contributed by atoms with van der Waals surface area (Å²) in [6.07, 6.45) is 1.47. The molecule has 110 valence electrons. The van der Waals surface area contributed by atoms with Gasteiger partial charge in [-0.05, 0) is 0 Å². The van der Waals surface area contributed by atoms with Gasteiger partial charge in [-0.2, -0.15) is 0 Å². The highest BCUT2D eigenvalue weighted by atomic mass is 32.2. The molecule has 2 heterocycles. The predicted octanol–water partition coefficient (Wildman–Crippen LogP) is -0.883. The summed E-state index contributed by atoms with van der Waals surface area (Å²) in [5.41, 5.74) is 4.68. The Hall–Kier alpha value is -1.54. The number of amides is 1. The molecule has 20 heavy (non-hydrogen) atoms. The van der Waals surface area contributed by atoms with Crippen LogP contribution in [-0.2, 0) is 23.9 Å². The largest absolute Gasteiger partial charge is 0.466 e. The molecular weight excluding hydrogens is 284 g/mol. The number of esters is 2. The SMILES string of the molecule is C=CC1(C(=O)OCC(=O)OC)CS[C@@H]2C(N)C(=O)N2C1. The smallest absolute Gasteiger partial charge is 0.344 e. The third kappa shape index (κ3) is 2.29. The van der Waals surface area contributed by atoms with Gasteiger partial charge < -0.3 is 20.1 Å². The van der Waals surface area contributed by atoms with Gasteiger partial charge >= 0.3 is 11.9 Å². The molecule has 0 aromatic carbocycles. The zero-order valence-electron chi connectivity index (χ0n) is 11.0. The number of carbonyl (C=O) groups is 3. The monoisotopic (exact) mass is 300 g/mol. The van der Waals surface area contributed by atoms with Crippen LogP contribution in [0.15, 0.2) is 12.7 Å². The number of hydrogen-bond acceptors (Lipinski definition) is 7. The highest BCUT2D eigenvalue weighted by Gasteiger charge is 2.55. The lowest BCUT2D eigenvalue weighted by Gasteiger charge is -2.52. The van der Waals surface area contributed by atoms with Crippen molar-refractivity contribution in [1.29, 1.82) is 0 Å². The molecule has 0 aliphatic carbocycles. The fourth-order valence-corrected chi connectivity index (χ4v) is 3.63. The maximum atomic E-state index is 12.2. The highest BCUT2D eigenvalue weighted by Crippen LogP contribution is 2.42. The zero-order valence-corrected chi connectivity index (χ0v) is 11.9. The van der Waals surface area contributed by atoms with Gasteiger partial charge in [0.05, 0.1) is 7.11 Å². The van der Waals surface area contributed by atoms with E-state index in [0.29, 0.717) is 5.75 Å². The van der Waals surface area contributed by atoms with Gasteiger partial charge in [0.2, 0.25) is 5.91 Å². The number of ether oxygens (including phenoxy) is 2. The Kier molecular flexibility index (Phi) is 4.05. The molecule has 0 radical (unpaired) electrons. The Morgan fingerprint density at radius 3 is 2.95 bits per heavy atom. The second kappa shape index (κ2) is 5.45. The molecular formula is C12H16N2O5S. The molecule has 0 saturated carbocycles.